The molecular weight excluding hydrogens is 411 g/mol. The van der Waals surface area contributed by atoms with Gasteiger partial charge in [0.15, 0.2) is 5.82 Å². The Morgan fingerprint density at radius 2 is 1.93 bits per heavy atom. The molecule has 0 amide bonds. The third-order valence-corrected chi connectivity index (χ3v) is 3.59. The van der Waals surface area contributed by atoms with Gasteiger partial charge in [0.05, 0.1) is 17.6 Å². The Bertz CT molecular complexity index is 899. The highest BCUT2D eigenvalue weighted by Crippen LogP contribution is 2.40. The zero-order valence-corrected chi connectivity index (χ0v) is 14.6. The standard InChI is InChI=1S/C16H13F5N2O6/c1-2-28-15(25)7(5-22-6-3-4-6)13(24)8-9(17)14(29-16(20)21)11(19)10(18)12(8)23(26)27/h5-6,16,24H,2-4H2,1H3/b13-7+,22-5?. The molecule has 2 rings (SSSR count). The molecule has 0 atom stereocenters. The van der Waals surface area contributed by atoms with Crippen molar-refractivity contribution in [3.05, 3.63) is 38.7 Å². The van der Waals surface area contributed by atoms with Crippen molar-refractivity contribution in [3.8, 4) is 5.75 Å². The number of ether oxygens (including phenoxy) is 2. The minimum Gasteiger partial charge on any atom is -0.506 e. The van der Waals surface area contributed by atoms with Gasteiger partial charge in [-0.25, -0.2) is 9.18 Å². The van der Waals surface area contributed by atoms with E-state index in [0.717, 1.165) is 6.21 Å². The second kappa shape index (κ2) is 8.84. The number of nitro benzene ring substituents is 1. The molecule has 0 bridgehead atoms. The Kier molecular flexibility index (Phi) is 6.72. The number of halogens is 5. The summed E-state index contributed by atoms with van der Waals surface area (Å²) in [6, 6.07) is -0.227. The minimum atomic E-state index is -3.82. The van der Waals surface area contributed by atoms with E-state index >= 15 is 0 Å². The van der Waals surface area contributed by atoms with E-state index in [1.807, 2.05) is 0 Å². The summed E-state index contributed by atoms with van der Waals surface area (Å²) in [5.74, 6) is -11.9. The van der Waals surface area contributed by atoms with Gasteiger partial charge in [-0.1, -0.05) is 0 Å². The molecule has 0 saturated heterocycles. The van der Waals surface area contributed by atoms with Gasteiger partial charge in [0.1, 0.15) is 16.9 Å². The molecule has 1 aliphatic rings. The molecule has 0 heterocycles. The maximum atomic E-state index is 14.6. The normalized spacial score (nSPS) is 14.9. The molecule has 13 heteroatoms. The second-order valence-electron chi connectivity index (χ2n) is 5.62. The number of nitrogens with zero attached hydrogens (tertiary/aromatic N) is 2. The Hall–Kier alpha value is -3.25. The van der Waals surface area contributed by atoms with Gasteiger partial charge in [-0.3, -0.25) is 15.1 Å². The molecule has 158 valence electrons. The van der Waals surface area contributed by atoms with Gasteiger partial charge in [-0.05, 0) is 19.8 Å². The van der Waals surface area contributed by atoms with Crippen molar-refractivity contribution < 1.29 is 46.3 Å². The Morgan fingerprint density at radius 1 is 1.31 bits per heavy atom. The van der Waals surface area contributed by atoms with E-state index in [1.54, 1.807) is 0 Å². The average molecular weight is 424 g/mol. The van der Waals surface area contributed by atoms with Crippen molar-refractivity contribution in [2.45, 2.75) is 32.4 Å². The van der Waals surface area contributed by atoms with Crippen molar-refractivity contribution in [1.82, 2.24) is 0 Å². The van der Waals surface area contributed by atoms with Gasteiger partial charge in [0, 0.05) is 6.21 Å². The summed E-state index contributed by atoms with van der Waals surface area (Å²) < 4.78 is 75.6. The summed E-state index contributed by atoms with van der Waals surface area (Å²) in [5, 5.41) is 21.4. The summed E-state index contributed by atoms with van der Waals surface area (Å²) in [6.07, 6.45) is 2.00. The van der Waals surface area contributed by atoms with Gasteiger partial charge >= 0.3 is 18.3 Å². The molecular formula is C16H13F5N2O6. The van der Waals surface area contributed by atoms with Crippen molar-refractivity contribution in [2.24, 2.45) is 4.99 Å². The third-order valence-electron chi connectivity index (χ3n) is 3.59. The van der Waals surface area contributed by atoms with Gasteiger partial charge in [-0.2, -0.15) is 17.6 Å². The van der Waals surface area contributed by atoms with Crippen LogP contribution in [0.25, 0.3) is 5.76 Å². The fourth-order valence-electron chi connectivity index (χ4n) is 2.16. The maximum Gasteiger partial charge on any atom is 0.387 e. The molecule has 1 aromatic carbocycles. The molecule has 1 saturated carbocycles. The zero-order valence-electron chi connectivity index (χ0n) is 14.6. The lowest BCUT2D eigenvalue weighted by Crippen LogP contribution is -2.15. The van der Waals surface area contributed by atoms with Crippen LogP contribution in [0.15, 0.2) is 10.6 Å². The highest BCUT2D eigenvalue weighted by atomic mass is 19.3. The first-order valence-electron chi connectivity index (χ1n) is 8.03. The molecule has 29 heavy (non-hydrogen) atoms. The summed E-state index contributed by atoms with van der Waals surface area (Å²) in [6.45, 7) is -2.67. The first-order valence-corrected chi connectivity index (χ1v) is 8.03. The number of aliphatic hydroxyl groups is 1. The van der Waals surface area contributed by atoms with Crippen LogP contribution in [0.1, 0.15) is 25.3 Å². The van der Waals surface area contributed by atoms with Crippen LogP contribution >= 0.6 is 0 Å². The largest absolute Gasteiger partial charge is 0.506 e. The Labute approximate surface area is 159 Å². The van der Waals surface area contributed by atoms with Crippen molar-refractivity contribution in [2.75, 3.05) is 6.61 Å². The lowest BCUT2D eigenvalue weighted by molar-refractivity contribution is -0.388. The highest BCUT2D eigenvalue weighted by Gasteiger charge is 2.38. The van der Waals surface area contributed by atoms with Gasteiger partial charge in [0.2, 0.25) is 17.4 Å². The number of aliphatic hydroxyl groups excluding tert-OH is 1. The topological polar surface area (TPSA) is 111 Å². The number of benzene rings is 1. The van der Waals surface area contributed by atoms with E-state index < -0.39 is 63.3 Å². The van der Waals surface area contributed by atoms with Crippen LogP contribution in [0.5, 0.6) is 5.75 Å². The third kappa shape index (κ3) is 4.78. The van der Waals surface area contributed by atoms with Crippen LogP contribution < -0.4 is 4.74 Å². The van der Waals surface area contributed by atoms with Crippen LogP contribution in [0.3, 0.4) is 0 Å². The quantitative estimate of drug-likeness (QED) is 0.0996. The molecule has 0 aliphatic heterocycles. The fraction of sp³-hybridized carbons (Fsp3) is 0.375. The lowest BCUT2D eigenvalue weighted by atomic mass is 10.0. The number of aliphatic imine (C=N–C) groups is 1. The minimum absolute atomic E-state index is 0.227. The second-order valence-corrected chi connectivity index (χ2v) is 5.62. The van der Waals surface area contributed by atoms with Crippen LogP contribution in [0.2, 0.25) is 0 Å². The van der Waals surface area contributed by atoms with E-state index in [9.17, 15) is 42.0 Å². The van der Waals surface area contributed by atoms with E-state index in [1.165, 1.54) is 6.92 Å². The van der Waals surface area contributed by atoms with Crippen molar-refractivity contribution in [1.29, 1.82) is 0 Å². The van der Waals surface area contributed by atoms with Gasteiger partial charge < -0.3 is 14.6 Å². The predicted octanol–water partition coefficient (Wildman–Crippen LogP) is 3.68. The van der Waals surface area contributed by atoms with E-state index in [4.69, 9.17) is 0 Å². The Morgan fingerprint density at radius 3 is 2.41 bits per heavy atom. The SMILES string of the molecule is CCOC(=O)/C(C=NC1CC1)=C(/O)c1c(F)c(OC(F)F)c(F)c(F)c1[N+](=O)[O-]. The van der Waals surface area contributed by atoms with E-state index in [-0.39, 0.29) is 12.6 Å². The number of nitro groups is 1. The van der Waals surface area contributed by atoms with Crippen LogP contribution in [0.4, 0.5) is 27.6 Å². The van der Waals surface area contributed by atoms with Gasteiger partial charge in [0.25, 0.3) is 0 Å². The number of carbonyl (C=O) groups excluding carboxylic acids is 1. The molecule has 0 radical (unpaired) electrons. The first kappa shape index (κ1) is 22.0. The highest BCUT2D eigenvalue weighted by molar-refractivity contribution is 6.15. The summed E-state index contributed by atoms with van der Waals surface area (Å²) in [4.78, 5) is 25.4. The van der Waals surface area contributed by atoms with Crippen LogP contribution in [-0.2, 0) is 9.53 Å². The average Bonchev–Trinajstić information content (AvgIpc) is 3.45. The summed E-state index contributed by atoms with van der Waals surface area (Å²) >= 11 is 0. The number of alkyl halides is 2. The predicted molar refractivity (Wildman–Crippen MR) is 87.3 cm³/mol. The lowest BCUT2D eigenvalue weighted by Gasteiger charge is -2.13. The van der Waals surface area contributed by atoms with Crippen LogP contribution in [-0.4, -0.2) is 41.5 Å². The molecule has 8 nitrogen and oxygen atoms in total. The summed E-state index contributed by atoms with van der Waals surface area (Å²) in [5.41, 5.74) is -4.52. The molecule has 1 aromatic rings. The maximum absolute atomic E-state index is 14.6. The number of carbonyl (C=O) groups is 1. The molecule has 1 fully saturated rings. The van der Waals surface area contributed by atoms with Crippen molar-refractivity contribution >= 4 is 23.6 Å². The zero-order chi connectivity index (χ0) is 21.9. The number of rotatable bonds is 8. The van der Waals surface area contributed by atoms with E-state index in [0.29, 0.717) is 12.8 Å². The molecule has 1 aliphatic carbocycles. The fourth-order valence-corrected chi connectivity index (χ4v) is 2.16. The molecule has 0 aromatic heterocycles. The monoisotopic (exact) mass is 424 g/mol. The first-order chi connectivity index (χ1) is 13.6. The Balaban J connectivity index is 2.82. The molecule has 0 unspecified atom stereocenters. The summed E-state index contributed by atoms with van der Waals surface area (Å²) in [7, 11) is 0. The number of hydrogen-bond acceptors (Lipinski definition) is 7. The van der Waals surface area contributed by atoms with Gasteiger partial charge in [-0.15, -0.1) is 0 Å². The molecule has 1 N–H and O–H groups in total. The number of esters is 1. The molecule has 0 spiro atoms. The number of hydrogen-bond donors (Lipinski definition) is 1. The van der Waals surface area contributed by atoms with E-state index in [2.05, 4.69) is 14.5 Å². The smallest absolute Gasteiger partial charge is 0.387 e. The van der Waals surface area contributed by atoms with Crippen LogP contribution in [0, 0.1) is 27.6 Å². The van der Waals surface area contributed by atoms with Crippen molar-refractivity contribution in [3.63, 3.8) is 0 Å².